The first-order chi connectivity index (χ1) is 11.6. The number of rotatable bonds is 5. The lowest BCUT2D eigenvalue weighted by Crippen LogP contribution is -2.28. The van der Waals surface area contributed by atoms with Gasteiger partial charge < -0.3 is 5.32 Å². The summed E-state index contributed by atoms with van der Waals surface area (Å²) in [4.78, 5) is 12.9. The van der Waals surface area contributed by atoms with Crippen LogP contribution in [-0.4, -0.2) is 11.8 Å². The van der Waals surface area contributed by atoms with Crippen LogP contribution in [0, 0.1) is 5.92 Å². The molecule has 0 bridgehead atoms. The van der Waals surface area contributed by atoms with Crippen molar-refractivity contribution >= 4 is 23.1 Å². The lowest BCUT2D eigenvalue weighted by molar-refractivity contribution is 0.103. The fourth-order valence-corrected chi connectivity index (χ4v) is 3.74. The number of ketones is 1. The second kappa shape index (κ2) is 7.85. The Morgan fingerprint density at radius 2 is 1.79 bits per heavy atom. The van der Waals surface area contributed by atoms with Crippen molar-refractivity contribution in [2.45, 2.75) is 45.1 Å². The monoisotopic (exact) mass is 341 g/mol. The van der Waals surface area contributed by atoms with Gasteiger partial charge in [0, 0.05) is 27.9 Å². The summed E-state index contributed by atoms with van der Waals surface area (Å²) < 4.78 is 0. The Morgan fingerprint density at radius 3 is 2.50 bits per heavy atom. The third-order valence-corrected chi connectivity index (χ3v) is 5.24. The molecular weight excluding hydrogens is 318 g/mol. The van der Waals surface area contributed by atoms with Crippen LogP contribution in [0.15, 0.2) is 48.5 Å². The number of hydrogen-bond donors (Lipinski definition) is 1. The van der Waals surface area contributed by atoms with Gasteiger partial charge in [-0.1, -0.05) is 61.2 Å². The van der Waals surface area contributed by atoms with Crippen LogP contribution >= 0.6 is 11.6 Å². The molecule has 0 aliphatic heterocycles. The Hall–Kier alpha value is -1.80. The quantitative estimate of drug-likeness (QED) is 0.680. The molecule has 0 spiro atoms. The topological polar surface area (TPSA) is 29.1 Å². The number of benzene rings is 2. The number of halogens is 1. The van der Waals surface area contributed by atoms with Crippen molar-refractivity contribution in [3.63, 3.8) is 0 Å². The van der Waals surface area contributed by atoms with E-state index in [4.69, 9.17) is 11.6 Å². The minimum atomic E-state index is 0.0106. The molecule has 0 saturated heterocycles. The van der Waals surface area contributed by atoms with E-state index in [1.807, 2.05) is 42.5 Å². The Kier molecular flexibility index (Phi) is 5.57. The highest BCUT2D eigenvalue weighted by Crippen LogP contribution is 2.30. The molecular formula is C21H24ClNO. The van der Waals surface area contributed by atoms with E-state index in [-0.39, 0.29) is 5.78 Å². The van der Waals surface area contributed by atoms with Crippen LogP contribution in [0.3, 0.4) is 0 Å². The van der Waals surface area contributed by atoms with Crippen LogP contribution in [-0.2, 0) is 0 Å². The van der Waals surface area contributed by atoms with E-state index in [1.54, 1.807) is 6.07 Å². The first-order valence-corrected chi connectivity index (χ1v) is 9.19. The van der Waals surface area contributed by atoms with Gasteiger partial charge in [-0.05, 0) is 43.9 Å². The largest absolute Gasteiger partial charge is 0.382 e. The number of anilines is 1. The lowest BCUT2D eigenvalue weighted by Gasteiger charge is -2.29. The zero-order valence-electron chi connectivity index (χ0n) is 14.1. The van der Waals surface area contributed by atoms with Gasteiger partial charge in [0.2, 0.25) is 0 Å². The smallest absolute Gasteiger partial charge is 0.195 e. The summed E-state index contributed by atoms with van der Waals surface area (Å²) in [5.74, 6) is 0.686. The number of carbonyl (C=O) groups excluding carboxylic acids is 1. The first-order valence-electron chi connectivity index (χ1n) is 8.81. The van der Waals surface area contributed by atoms with Gasteiger partial charge in [-0.3, -0.25) is 4.79 Å². The summed E-state index contributed by atoms with van der Waals surface area (Å²) in [6, 6.07) is 15.3. The van der Waals surface area contributed by atoms with Crippen molar-refractivity contribution in [3.8, 4) is 0 Å². The van der Waals surface area contributed by atoms with Crippen LogP contribution in [0.1, 0.15) is 54.9 Å². The van der Waals surface area contributed by atoms with Crippen molar-refractivity contribution in [2.24, 2.45) is 5.92 Å². The maximum Gasteiger partial charge on any atom is 0.195 e. The van der Waals surface area contributed by atoms with E-state index in [1.165, 1.54) is 32.1 Å². The molecule has 1 saturated carbocycles. The molecule has 126 valence electrons. The van der Waals surface area contributed by atoms with E-state index < -0.39 is 0 Å². The third-order valence-electron chi connectivity index (χ3n) is 5.00. The summed E-state index contributed by atoms with van der Waals surface area (Å²) in [6.45, 7) is 2.22. The summed E-state index contributed by atoms with van der Waals surface area (Å²) in [6.07, 6.45) is 6.51. The van der Waals surface area contributed by atoms with E-state index in [0.29, 0.717) is 28.1 Å². The SMILES string of the molecule is CC(Nc1ccc(Cl)cc1C(=O)c1ccccc1)C1CCCCC1. The maximum atomic E-state index is 12.9. The standard InChI is InChI=1S/C21H24ClNO/c1-15(16-8-4-2-5-9-16)23-20-13-12-18(22)14-19(20)21(24)17-10-6-3-7-11-17/h3,6-7,10-16,23H,2,4-5,8-9H2,1H3. The molecule has 1 atom stereocenters. The normalized spacial score (nSPS) is 16.6. The van der Waals surface area contributed by atoms with Crippen LogP contribution in [0.5, 0.6) is 0 Å². The predicted molar refractivity (Wildman–Crippen MR) is 101 cm³/mol. The van der Waals surface area contributed by atoms with Gasteiger partial charge in [0.15, 0.2) is 5.78 Å². The molecule has 0 aromatic heterocycles. The molecule has 0 amide bonds. The minimum absolute atomic E-state index is 0.0106. The van der Waals surface area contributed by atoms with Gasteiger partial charge in [0.1, 0.15) is 0 Å². The van der Waals surface area contributed by atoms with Gasteiger partial charge in [-0.15, -0.1) is 0 Å². The fourth-order valence-electron chi connectivity index (χ4n) is 3.57. The van der Waals surface area contributed by atoms with Crippen molar-refractivity contribution in [2.75, 3.05) is 5.32 Å². The van der Waals surface area contributed by atoms with Crippen LogP contribution in [0.25, 0.3) is 0 Å². The average molecular weight is 342 g/mol. The second-order valence-electron chi connectivity index (χ2n) is 6.72. The van der Waals surface area contributed by atoms with Crippen molar-refractivity contribution in [1.82, 2.24) is 0 Å². The molecule has 1 fully saturated rings. The van der Waals surface area contributed by atoms with Crippen molar-refractivity contribution < 1.29 is 4.79 Å². The minimum Gasteiger partial charge on any atom is -0.382 e. The zero-order valence-corrected chi connectivity index (χ0v) is 14.9. The van der Waals surface area contributed by atoms with E-state index in [0.717, 1.165) is 5.69 Å². The summed E-state index contributed by atoms with van der Waals surface area (Å²) in [7, 11) is 0. The van der Waals surface area contributed by atoms with Gasteiger partial charge in [-0.25, -0.2) is 0 Å². The highest BCUT2D eigenvalue weighted by molar-refractivity contribution is 6.31. The third kappa shape index (κ3) is 3.99. The number of nitrogens with one attached hydrogen (secondary N) is 1. The molecule has 0 radical (unpaired) electrons. The Morgan fingerprint density at radius 1 is 1.08 bits per heavy atom. The number of hydrogen-bond acceptors (Lipinski definition) is 2. The molecule has 2 aromatic carbocycles. The van der Waals surface area contributed by atoms with E-state index in [2.05, 4.69) is 12.2 Å². The number of carbonyl (C=O) groups is 1. The molecule has 1 unspecified atom stereocenters. The first kappa shape index (κ1) is 17.0. The summed E-state index contributed by atoms with van der Waals surface area (Å²) in [5, 5.41) is 4.17. The summed E-state index contributed by atoms with van der Waals surface area (Å²) in [5.41, 5.74) is 2.22. The Labute approximate surface area is 149 Å². The van der Waals surface area contributed by atoms with Crippen LogP contribution in [0.4, 0.5) is 5.69 Å². The molecule has 24 heavy (non-hydrogen) atoms. The molecule has 2 aromatic rings. The zero-order chi connectivity index (χ0) is 16.9. The Balaban J connectivity index is 1.84. The molecule has 1 aliphatic carbocycles. The highest BCUT2D eigenvalue weighted by atomic mass is 35.5. The molecule has 1 N–H and O–H groups in total. The van der Waals surface area contributed by atoms with Crippen LogP contribution in [0.2, 0.25) is 5.02 Å². The summed E-state index contributed by atoms with van der Waals surface area (Å²) >= 11 is 6.15. The molecule has 2 nitrogen and oxygen atoms in total. The molecule has 0 heterocycles. The molecule has 3 rings (SSSR count). The molecule has 1 aliphatic rings. The van der Waals surface area contributed by atoms with Crippen LogP contribution < -0.4 is 5.32 Å². The van der Waals surface area contributed by atoms with Gasteiger partial charge >= 0.3 is 0 Å². The van der Waals surface area contributed by atoms with E-state index in [9.17, 15) is 4.79 Å². The van der Waals surface area contributed by atoms with Gasteiger partial charge in [0.25, 0.3) is 0 Å². The average Bonchev–Trinajstić information content (AvgIpc) is 2.64. The van der Waals surface area contributed by atoms with Crippen molar-refractivity contribution in [1.29, 1.82) is 0 Å². The lowest BCUT2D eigenvalue weighted by atomic mass is 9.84. The molecule has 3 heteroatoms. The van der Waals surface area contributed by atoms with E-state index >= 15 is 0 Å². The highest BCUT2D eigenvalue weighted by Gasteiger charge is 2.22. The maximum absolute atomic E-state index is 12.9. The fraction of sp³-hybridized carbons (Fsp3) is 0.381. The predicted octanol–water partition coefficient (Wildman–Crippen LogP) is 5.95. The Bertz CT molecular complexity index is 692. The van der Waals surface area contributed by atoms with Gasteiger partial charge in [-0.2, -0.15) is 0 Å². The second-order valence-corrected chi connectivity index (χ2v) is 7.15. The van der Waals surface area contributed by atoms with Gasteiger partial charge in [0.05, 0.1) is 0 Å². The van der Waals surface area contributed by atoms with Crippen molar-refractivity contribution in [3.05, 3.63) is 64.7 Å².